The van der Waals surface area contributed by atoms with Gasteiger partial charge in [0.05, 0.1) is 10.6 Å². The molecule has 0 saturated heterocycles. The van der Waals surface area contributed by atoms with Gasteiger partial charge in [0.1, 0.15) is 0 Å². The van der Waals surface area contributed by atoms with Crippen molar-refractivity contribution >= 4 is 29.5 Å². The van der Waals surface area contributed by atoms with Gasteiger partial charge in [-0.05, 0) is 36.2 Å². The average Bonchev–Trinajstić information content (AvgIpc) is 2.48. The molecule has 1 aromatic heterocycles. The van der Waals surface area contributed by atoms with Gasteiger partial charge in [-0.25, -0.2) is 4.79 Å². The number of aryl methyl sites for hydroxylation is 1. The maximum Gasteiger partial charge on any atom is 0.416 e. The van der Waals surface area contributed by atoms with Gasteiger partial charge in [-0.1, -0.05) is 23.4 Å². The summed E-state index contributed by atoms with van der Waals surface area (Å²) in [6.45, 7) is 1.52. The van der Waals surface area contributed by atoms with Gasteiger partial charge < -0.3 is 10.4 Å². The first-order valence-electron chi connectivity index (χ1n) is 6.63. The zero-order valence-corrected chi connectivity index (χ0v) is 13.9. The molecule has 0 aliphatic rings. The van der Waals surface area contributed by atoms with Gasteiger partial charge in [0.2, 0.25) is 0 Å². The lowest BCUT2D eigenvalue weighted by atomic mass is 10.1. The number of hydrogen-bond acceptors (Lipinski definition) is 3. The van der Waals surface area contributed by atoms with Crippen LogP contribution in [0.5, 0.6) is 0 Å². The lowest BCUT2D eigenvalue weighted by Crippen LogP contribution is -2.21. The largest absolute Gasteiger partial charge is 0.465 e. The SMILES string of the molecule is Cc1cnccc1Sc1c(Cl)cc(C(F)(F)F)cc1CNC(=O)O. The zero-order chi connectivity index (χ0) is 17.9. The number of benzene rings is 1. The molecule has 1 amide bonds. The first kappa shape index (κ1) is 18.4. The Morgan fingerprint density at radius 1 is 1.42 bits per heavy atom. The van der Waals surface area contributed by atoms with E-state index in [0.29, 0.717) is 4.90 Å². The number of aromatic nitrogens is 1. The van der Waals surface area contributed by atoms with Gasteiger partial charge in [-0.3, -0.25) is 4.98 Å². The van der Waals surface area contributed by atoms with E-state index in [0.717, 1.165) is 22.6 Å². The smallest absolute Gasteiger partial charge is 0.416 e. The number of pyridine rings is 1. The number of alkyl halides is 3. The molecule has 24 heavy (non-hydrogen) atoms. The van der Waals surface area contributed by atoms with Gasteiger partial charge in [-0.2, -0.15) is 13.2 Å². The van der Waals surface area contributed by atoms with Crippen LogP contribution < -0.4 is 5.32 Å². The van der Waals surface area contributed by atoms with Crippen LogP contribution in [-0.4, -0.2) is 16.2 Å². The van der Waals surface area contributed by atoms with Gasteiger partial charge in [0.25, 0.3) is 0 Å². The predicted molar refractivity (Wildman–Crippen MR) is 84.4 cm³/mol. The molecule has 0 unspecified atom stereocenters. The highest BCUT2D eigenvalue weighted by Crippen LogP contribution is 2.41. The Hall–Kier alpha value is -1.93. The minimum atomic E-state index is -4.57. The molecular formula is C15H12ClF3N2O2S. The highest BCUT2D eigenvalue weighted by molar-refractivity contribution is 7.99. The van der Waals surface area contributed by atoms with Crippen LogP contribution in [0, 0.1) is 6.92 Å². The molecule has 9 heteroatoms. The van der Waals surface area contributed by atoms with E-state index in [-0.39, 0.29) is 17.1 Å². The number of carboxylic acid groups (broad SMARTS) is 1. The Morgan fingerprint density at radius 2 is 2.12 bits per heavy atom. The minimum Gasteiger partial charge on any atom is -0.465 e. The van der Waals surface area contributed by atoms with Crippen LogP contribution in [0.2, 0.25) is 5.02 Å². The van der Waals surface area contributed by atoms with E-state index in [4.69, 9.17) is 16.7 Å². The van der Waals surface area contributed by atoms with Crippen molar-refractivity contribution in [1.29, 1.82) is 0 Å². The van der Waals surface area contributed by atoms with Gasteiger partial charge >= 0.3 is 12.3 Å². The molecule has 4 nitrogen and oxygen atoms in total. The summed E-state index contributed by atoms with van der Waals surface area (Å²) in [5, 5.41) is 10.7. The summed E-state index contributed by atoms with van der Waals surface area (Å²) in [5.74, 6) is 0. The molecule has 0 saturated carbocycles. The van der Waals surface area contributed by atoms with Crippen molar-refractivity contribution in [2.24, 2.45) is 0 Å². The monoisotopic (exact) mass is 376 g/mol. The molecular weight excluding hydrogens is 365 g/mol. The zero-order valence-electron chi connectivity index (χ0n) is 12.3. The number of nitrogens with zero attached hydrogens (tertiary/aromatic N) is 1. The van der Waals surface area contributed by atoms with Crippen LogP contribution in [0.4, 0.5) is 18.0 Å². The fourth-order valence-electron chi connectivity index (χ4n) is 1.92. The van der Waals surface area contributed by atoms with E-state index in [1.807, 2.05) is 6.92 Å². The normalized spacial score (nSPS) is 11.4. The van der Waals surface area contributed by atoms with Crippen LogP contribution in [0.25, 0.3) is 0 Å². The average molecular weight is 377 g/mol. The van der Waals surface area contributed by atoms with E-state index >= 15 is 0 Å². The Bertz CT molecular complexity index is 769. The van der Waals surface area contributed by atoms with E-state index in [2.05, 4.69) is 10.3 Å². The fraction of sp³-hybridized carbons (Fsp3) is 0.200. The van der Waals surface area contributed by atoms with Gasteiger partial charge in [-0.15, -0.1) is 0 Å². The molecule has 2 aromatic rings. The van der Waals surface area contributed by atoms with Crippen molar-refractivity contribution in [2.75, 3.05) is 0 Å². The fourth-order valence-corrected chi connectivity index (χ4v) is 3.25. The number of halogens is 4. The van der Waals surface area contributed by atoms with E-state index in [1.54, 1.807) is 18.5 Å². The molecule has 128 valence electrons. The maximum atomic E-state index is 13.0. The molecule has 2 N–H and O–H groups in total. The highest BCUT2D eigenvalue weighted by atomic mass is 35.5. The minimum absolute atomic E-state index is 0.0896. The molecule has 0 spiro atoms. The Morgan fingerprint density at radius 3 is 2.71 bits per heavy atom. The second-order valence-electron chi connectivity index (χ2n) is 4.85. The summed E-state index contributed by atoms with van der Waals surface area (Å²) >= 11 is 7.21. The van der Waals surface area contributed by atoms with Crippen LogP contribution in [0.15, 0.2) is 40.4 Å². The molecule has 0 fully saturated rings. The van der Waals surface area contributed by atoms with Crippen molar-refractivity contribution in [3.63, 3.8) is 0 Å². The van der Waals surface area contributed by atoms with Crippen molar-refractivity contribution in [2.45, 2.75) is 29.4 Å². The number of amides is 1. The number of carbonyl (C=O) groups is 1. The number of rotatable bonds is 4. The molecule has 2 rings (SSSR count). The van der Waals surface area contributed by atoms with Crippen molar-refractivity contribution in [3.05, 3.63) is 52.3 Å². The molecule has 1 heterocycles. The number of nitrogens with one attached hydrogen (secondary N) is 1. The lowest BCUT2D eigenvalue weighted by molar-refractivity contribution is -0.137. The van der Waals surface area contributed by atoms with Crippen molar-refractivity contribution < 1.29 is 23.1 Å². The van der Waals surface area contributed by atoms with Crippen molar-refractivity contribution in [3.8, 4) is 0 Å². The topological polar surface area (TPSA) is 62.2 Å². The van der Waals surface area contributed by atoms with Crippen LogP contribution in [0.1, 0.15) is 16.7 Å². The van der Waals surface area contributed by atoms with E-state index < -0.39 is 17.8 Å². The quantitative estimate of drug-likeness (QED) is 0.789. The van der Waals surface area contributed by atoms with E-state index in [1.165, 1.54) is 11.8 Å². The second kappa shape index (κ2) is 7.31. The Labute approximate surface area is 145 Å². The van der Waals surface area contributed by atoms with E-state index in [9.17, 15) is 18.0 Å². The second-order valence-corrected chi connectivity index (χ2v) is 6.31. The van der Waals surface area contributed by atoms with Crippen LogP contribution >= 0.6 is 23.4 Å². The van der Waals surface area contributed by atoms with Crippen molar-refractivity contribution in [1.82, 2.24) is 10.3 Å². The molecule has 0 bridgehead atoms. The maximum absolute atomic E-state index is 13.0. The number of hydrogen-bond donors (Lipinski definition) is 2. The molecule has 0 aliphatic carbocycles. The first-order chi connectivity index (χ1) is 11.2. The summed E-state index contributed by atoms with van der Waals surface area (Å²) in [5.41, 5.74) is 0.0551. The lowest BCUT2D eigenvalue weighted by Gasteiger charge is -2.16. The van der Waals surface area contributed by atoms with Crippen LogP contribution in [0.3, 0.4) is 0 Å². The third kappa shape index (κ3) is 4.55. The molecule has 0 radical (unpaired) electrons. The highest BCUT2D eigenvalue weighted by Gasteiger charge is 2.32. The Kier molecular flexibility index (Phi) is 5.61. The third-order valence-corrected chi connectivity index (χ3v) is 4.83. The van der Waals surface area contributed by atoms with Crippen LogP contribution in [-0.2, 0) is 12.7 Å². The Balaban J connectivity index is 2.48. The molecule has 0 aliphatic heterocycles. The molecule has 0 atom stereocenters. The summed E-state index contributed by atoms with van der Waals surface area (Å²) in [4.78, 5) is 15.8. The third-order valence-electron chi connectivity index (χ3n) is 3.06. The summed E-state index contributed by atoms with van der Waals surface area (Å²) in [6, 6.07) is 3.45. The summed E-state index contributed by atoms with van der Waals surface area (Å²) in [6.07, 6.45) is -2.73. The predicted octanol–water partition coefficient (Wildman–Crippen LogP) is 4.98. The van der Waals surface area contributed by atoms with Gasteiger partial charge in [0.15, 0.2) is 0 Å². The summed E-state index contributed by atoms with van der Waals surface area (Å²) in [7, 11) is 0. The molecule has 1 aromatic carbocycles. The summed E-state index contributed by atoms with van der Waals surface area (Å²) < 4.78 is 38.9. The first-order valence-corrected chi connectivity index (χ1v) is 7.83. The standard InChI is InChI=1S/C15H12ClF3N2O2S/c1-8-6-20-3-2-12(8)24-13-9(7-21-14(22)23)4-10(5-11(13)16)15(17,18)19/h2-6,21H,7H2,1H3,(H,22,23). The van der Waals surface area contributed by atoms with Gasteiger partial charge in [0, 0.05) is 28.7 Å².